The molecule has 1 aromatic heterocycles. The number of halogens is 2. The molecule has 0 bridgehead atoms. The van der Waals surface area contributed by atoms with Crippen molar-refractivity contribution in [2.45, 2.75) is 26.3 Å². The lowest BCUT2D eigenvalue weighted by atomic mass is 10.2. The molecule has 1 heterocycles. The van der Waals surface area contributed by atoms with Crippen molar-refractivity contribution in [1.82, 2.24) is 9.78 Å². The van der Waals surface area contributed by atoms with Crippen LogP contribution in [0, 0.1) is 6.92 Å². The van der Waals surface area contributed by atoms with E-state index in [1.165, 1.54) is 22.9 Å². The van der Waals surface area contributed by atoms with Crippen LogP contribution < -0.4 is 5.32 Å². The van der Waals surface area contributed by atoms with E-state index >= 15 is 0 Å². The van der Waals surface area contributed by atoms with Crippen LogP contribution in [-0.2, 0) is 4.79 Å². The Morgan fingerprint density at radius 2 is 2.10 bits per heavy atom. The summed E-state index contributed by atoms with van der Waals surface area (Å²) >= 11 is 0. The molecule has 0 radical (unpaired) electrons. The van der Waals surface area contributed by atoms with E-state index < -0.39 is 18.4 Å². The number of benzene rings is 1. The average molecular weight is 295 g/mol. The summed E-state index contributed by atoms with van der Waals surface area (Å²) < 4.78 is 26.5. The predicted molar refractivity (Wildman–Crippen MR) is 73.4 cm³/mol. The highest BCUT2D eigenvalue weighted by molar-refractivity contribution is 5.93. The summed E-state index contributed by atoms with van der Waals surface area (Å²) in [4.78, 5) is 12.1. The summed E-state index contributed by atoms with van der Waals surface area (Å²) in [6.45, 7) is 3.17. The maximum Gasteiger partial charge on any atom is 0.282 e. The van der Waals surface area contributed by atoms with Crippen LogP contribution in [0.3, 0.4) is 0 Å². The minimum Gasteiger partial charge on any atom is -0.508 e. The van der Waals surface area contributed by atoms with Crippen molar-refractivity contribution in [3.63, 3.8) is 0 Å². The lowest BCUT2D eigenvalue weighted by Gasteiger charge is -2.14. The molecule has 0 spiro atoms. The second kappa shape index (κ2) is 5.90. The Balaban J connectivity index is 2.16. The quantitative estimate of drug-likeness (QED) is 0.911. The Labute approximate surface area is 120 Å². The molecule has 1 aromatic carbocycles. The number of phenols is 1. The number of nitrogens with zero attached hydrogens (tertiary/aromatic N) is 2. The van der Waals surface area contributed by atoms with Crippen molar-refractivity contribution in [3.8, 4) is 5.75 Å². The molecular formula is C14H15F2N3O2. The number of phenolic OH excluding ortho intramolecular Hbond substituents is 1. The predicted octanol–water partition coefficient (Wildman–Crippen LogP) is 3.03. The Morgan fingerprint density at radius 3 is 2.67 bits per heavy atom. The fraction of sp³-hybridized carbons (Fsp3) is 0.286. The molecule has 21 heavy (non-hydrogen) atoms. The molecular weight excluding hydrogens is 280 g/mol. The van der Waals surface area contributed by atoms with E-state index in [0.29, 0.717) is 11.4 Å². The number of aromatic hydroxyl groups is 1. The number of aryl methyl sites for hydroxylation is 1. The second-order valence-electron chi connectivity index (χ2n) is 4.67. The van der Waals surface area contributed by atoms with Gasteiger partial charge in [0, 0.05) is 17.4 Å². The van der Waals surface area contributed by atoms with Crippen LogP contribution in [-0.4, -0.2) is 20.8 Å². The van der Waals surface area contributed by atoms with Gasteiger partial charge in [0.15, 0.2) is 0 Å². The standard InChI is InChI=1S/C14H15F2N3O2/c1-8-6-12(13(15)16)18-19(8)9(2)14(21)17-10-4-3-5-11(20)7-10/h3-7,9,13,20H,1-2H3,(H,17,21). The van der Waals surface area contributed by atoms with Crippen molar-refractivity contribution in [1.29, 1.82) is 0 Å². The van der Waals surface area contributed by atoms with Gasteiger partial charge >= 0.3 is 0 Å². The van der Waals surface area contributed by atoms with E-state index in [1.807, 2.05) is 0 Å². The molecule has 2 aromatic rings. The van der Waals surface area contributed by atoms with Crippen molar-refractivity contribution in [2.75, 3.05) is 5.32 Å². The van der Waals surface area contributed by atoms with Gasteiger partial charge in [0.1, 0.15) is 17.5 Å². The van der Waals surface area contributed by atoms with Crippen LogP contribution in [0.25, 0.3) is 0 Å². The molecule has 0 aliphatic rings. The molecule has 0 saturated heterocycles. The summed E-state index contributed by atoms with van der Waals surface area (Å²) in [5.74, 6) is -0.386. The molecule has 0 fully saturated rings. The van der Waals surface area contributed by atoms with Gasteiger partial charge in [-0.15, -0.1) is 0 Å². The molecule has 5 nitrogen and oxygen atoms in total. The Hall–Kier alpha value is -2.44. The molecule has 7 heteroatoms. The number of hydrogen-bond acceptors (Lipinski definition) is 3. The molecule has 0 saturated carbocycles. The lowest BCUT2D eigenvalue weighted by molar-refractivity contribution is -0.119. The number of alkyl halides is 2. The van der Waals surface area contributed by atoms with Crippen LogP contribution in [0.1, 0.15) is 30.8 Å². The van der Waals surface area contributed by atoms with Crippen molar-refractivity contribution in [3.05, 3.63) is 41.7 Å². The average Bonchev–Trinajstić information content (AvgIpc) is 2.80. The third-order valence-electron chi connectivity index (χ3n) is 3.02. The Bertz CT molecular complexity index is 655. The topological polar surface area (TPSA) is 67.2 Å². The maximum atomic E-state index is 12.6. The van der Waals surface area contributed by atoms with E-state index in [9.17, 15) is 18.7 Å². The van der Waals surface area contributed by atoms with E-state index in [1.54, 1.807) is 26.0 Å². The number of hydrogen-bond donors (Lipinski definition) is 2. The summed E-state index contributed by atoms with van der Waals surface area (Å²) in [7, 11) is 0. The van der Waals surface area contributed by atoms with E-state index in [-0.39, 0.29) is 11.4 Å². The van der Waals surface area contributed by atoms with Crippen LogP contribution in [0.5, 0.6) is 5.75 Å². The van der Waals surface area contributed by atoms with Gasteiger partial charge < -0.3 is 10.4 Å². The normalized spacial score (nSPS) is 12.4. The van der Waals surface area contributed by atoms with Crippen molar-refractivity contribution in [2.24, 2.45) is 0 Å². The molecule has 1 unspecified atom stereocenters. The van der Waals surface area contributed by atoms with Gasteiger partial charge in [0.2, 0.25) is 5.91 Å². The second-order valence-corrected chi connectivity index (χ2v) is 4.67. The summed E-state index contributed by atoms with van der Waals surface area (Å²) in [6.07, 6.45) is -2.67. The first-order valence-corrected chi connectivity index (χ1v) is 6.32. The van der Waals surface area contributed by atoms with Crippen LogP contribution in [0.4, 0.5) is 14.5 Å². The first-order valence-electron chi connectivity index (χ1n) is 6.32. The first-order chi connectivity index (χ1) is 9.88. The third kappa shape index (κ3) is 3.36. The highest BCUT2D eigenvalue weighted by atomic mass is 19.3. The number of anilines is 1. The monoisotopic (exact) mass is 295 g/mol. The van der Waals surface area contributed by atoms with Crippen LogP contribution >= 0.6 is 0 Å². The van der Waals surface area contributed by atoms with Gasteiger partial charge in [0.05, 0.1) is 0 Å². The number of carbonyl (C=O) groups is 1. The maximum absolute atomic E-state index is 12.6. The third-order valence-corrected chi connectivity index (χ3v) is 3.02. The van der Waals surface area contributed by atoms with Gasteiger partial charge in [-0.3, -0.25) is 9.48 Å². The van der Waals surface area contributed by atoms with Crippen LogP contribution in [0.2, 0.25) is 0 Å². The number of amides is 1. The first kappa shape index (κ1) is 15.0. The van der Waals surface area contributed by atoms with Gasteiger partial charge in [0.25, 0.3) is 6.43 Å². The van der Waals surface area contributed by atoms with Crippen molar-refractivity contribution < 1.29 is 18.7 Å². The zero-order valence-corrected chi connectivity index (χ0v) is 11.5. The molecule has 112 valence electrons. The smallest absolute Gasteiger partial charge is 0.282 e. The molecule has 1 atom stereocenters. The van der Waals surface area contributed by atoms with E-state index in [0.717, 1.165) is 0 Å². The lowest BCUT2D eigenvalue weighted by Crippen LogP contribution is -2.25. The largest absolute Gasteiger partial charge is 0.508 e. The molecule has 0 aliphatic carbocycles. The Morgan fingerprint density at radius 1 is 1.38 bits per heavy atom. The zero-order valence-electron chi connectivity index (χ0n) is 11.5. The fourth-order valence-electron chi connectivity index (χ4n) is 1.95. The van der Waals surface area contributed by atoms with Crippen molar-refractivity contribution >= 4 is 11.6 Å². The highest BCUT2D eigenvalue weighted by Gasteiger charge is 2.21. The number of carbonyl (C=O) groups excluding carboxylic acids is 1. The SMILES string of the molecule is Cc1cc(C(F)F)nn1C(C)C(=O)Nc1cccc(O)c1. The van der Waals surface area contributed by atoms with Crippen LogP contribution in [0.15, 0.2) is 30.3 Å². The van der Waals surface area contributed by atoms with E-state index in [2.05, 4.69) is 10.4 Å². The summed E-state index contributed by atoms with van der Waals surface area (Å²) in [5.41, 5.74) is 0.541. The summed E-state index contributed by atoms with van der Waals surface area (Å²) in [6, 6.07) is 6.58. The van der Waals surface area contributed by atoms with Gasteiger partial charge in [-0.05, 0) is 32.0 Å². The Kier molecular flexibility index (Phi) is 4.21. The minimum absolute atomic E-state index is 0.0238. The molecule has 1 amide bonds. The number of aromatic nitrogens is 2. The van der Waals surface area contributed by atoms with E-state index in [4.69, 9.17) is 0 Å². The number of nitrogens with one attached hydrogen (secondary N) is 1. The van der Waals surface area contributed by atoms with Gasteiger partial charge in [-0.25, -0.2) is 8.78 Å². The fourth-order valence-corrected chi connectivity index (χ4v) is 1.95. The zero-order chi connectivity index (χ0) is 15.6. The molecule has 2 N–H and O–H groups in total. The molecule has 0 aliphatic heterocycles. The summed E-state index contributed by atoms with van der Waals surface area (Å²) in [5, 5.41) is 15.7. The highest BCUT2D eigenvalue weighted by Crippen LogP contribution is 2.21. The number of rotatable bonds is 4. The van der Waals surface area contributed by atoms with Gasteiger partial charge in [-0.2, -0.15) is 5.10 Å². The minimum atomic E-state index is -2.67. The van der Waals surface area contributed by atoms with Gasteiger partial charge in [-0.1, -0.05) is 6.07 Å². The molecule has 2 rings (SSSR count).